The predicted molar refractivity (Wildman–Crippen MR) is 169 cm³/mol. The number of pyridine rings is 1. The van der Waals surface area contributed by atoms with E-state index >= 15 is 8.78 Å². The van der Waals surface area contributed by atoms with E-state index in [-0.39, 0.29) is 48.2 Å². The van der Waals surface area contributed by atoms with Crippen LogP contribution < -0.4 is 15.8 Å². The third-order valence-electron chi connectivity index (χ3n) is 9.64. The van der Waals surface area contributed by atoms with Crippen molar-refractivity contribution < 1.29 is 17.2 Å². The van der Waals surface area contributed by atoms with Crippen molar-refractivity contribution in [2.75, 3.05) is 54.4 Å². The van der Waals surface area contributed by atoms with Gasteiger partial charge in [0.05, 0.1) is 16.9 Å². The zero-order chi connectivity index (χ0) is 30.9. The van der Waals surface area contributed by atoms with Crippen LogP contribution in [0.1, 0.15) is 69.0 Å². The molecule has 0 unspecified atom stereocenters. The minimum Gasteiger partial charge on any atom is -0.365 e. The lowest BCUT2D eigenvalue weighted by molar-refractivity contribution is -0.0217. The second kappa shape index (κ2) is 12.7. The minimum absolute atomic E-state index is 0.00384. The Morgan fingerprint density at radius 3 is 2.45 bits per heavy atom. The zero-order valence-corrected chi connectivity index (χ0v) is 26.2. The van der Waals surface area contributed by atoms with Gasteiger partial charge in [0, 0.05) is 37.7 Å². The molecule has 3 aromatic rings. The van der Waals surface area contributed by atoms with Crippen molar-refractivity contribution in [2.45, 2.75) is 70.4 Å². The fraction of sp³-hybridized carbons (Fsp3) is 0.594. The molecule has 4 aliphatic rings. The molecule has 2 saturated heterocycles. The quantitative estimate of drug-likeness (QED) is 0.404. The zero-order valence-electron chi connectivity index (χ0n) is 25.4. The van der Waals surface area contributed by atoms with Crippen LogP contribution in [0.5, 0.6) is 0 Å². The van der Waals surface area contributed by atoms with Crippen LogP contribution in [0.25, 0.3) is 11.0 Å². The first-order chi connectivity index (χ1) is 21.1. The van der Waals surface area contributed by atoms with E-state index in [1.807, 2.05) is 17.9 Å². The number of hydrogen-bond acceptors (Lipinski definition) is 8. The molecule has 0 aliphatic carbocycles. The lowest BCUT2D eigenvalue weighted by atomic mass is 9.89. The van der Waals surface area contributed by atoms with Gasteiger partial charge in [0.25, 0.3) is 11.5 Å². The van der Waals surface area contributed by atoms with Gasteiger partial charge >= 0.3 is 0 Å². The molecule has 1 aromatic carbocycles. The number of sulfone groups is 1. The number of benzene rings is 1. The number of halogens is 2. The highest BCUT2D eigenvalue weighted by atomic mass is 32.2. The Labute approximate surface area is 257 Å². The van der Waals surface area contributed by atoms with Crippen LogP contribution in [0.4, 0.5) is 20.3 Å². The second-order valence-electron chi connectivity index (χ2n) is 12.7. The monoisotopic (exact) mass is 628 g/mol. The van der Waals surface area contributed by atoms with Crippen LogP contribution in [-0.2, 0) is 22.3 Å². The average Bonchev–Trinajstić information content (AvgIpc) is 3.01. The van der Waals surface area contributed by atoms with Crippen LogP contribution in [-0.4, -0.2) is 72.1 Å². The lowest BCUT2D eigenvalue weighted by Crippen LogP contribution is -2.43. The predicted octanol–water partition coefficient (Wildman–Crippen LogP) is 4.97. The van der Waals surface area contributed by atoms with Gasteiger partial charge in [-0.25, -0.2) is 27.2 Å². The highest BCUT2D eigenvalue weighted by Crippen LogP contribution is 2.37. The van der Waals surface area contributed by atoms with Gasteiger partial charge in [-0.05, 0) is 82.3 Å². The van der Waals surface area contributed by atoms with Gasteiger partial charge < -0.3 is 15.1 Å². The molecule has 2 fully saturated rings. The first kappa shape index (κ1) is 30.9. The molecule has 12 heteroatoms. The van der Waals surface area contributed by atoms with Gasteiger partial charge in [-0.1, -0.05) is 24.6 Å². The summed E-state index contributed by atoms with van der Waals surface area (Å²) in [4.78, 5) is 27.2. The van der Waals surface area contributed by atoms with Gasteiger partial charge in [-0.2, -0.15) is 0 Å². The SMILES string of the molecule is C[C@H]1Nc2ncnc3c2cc(N2CCS(=O)(=O)CC2)c(=O)n3CCCCCN2CCC(CC2)CCC(F)(F)c2cccc1c2. The average molecular weight is 629 g/mol. The molecule has 9 nitrogen and oxygen atoms in total. The number of rotatable bonds is 1. The Bertz CT molecular complexity index is 1640. The first-order valence-electron chi connectivity index (χ1n) is 15.9. The van der Waals surface area contributed by atoms with E-state index in [0.29, 0.717) is 47.0 Å². The highest BCUT2D eigenvalue weighted by molar-refractivity contribution is 7.91. The molecule has 6 heterocycles. The normalized spacial score (nSPS) is 26.2. The fourth-order valence-electron chi connectivity index (χ4n) is 6.80. The van der Waals surface area contributed by atoms with Crippen LogP contribution >= 0.6 is 0 Å². The smallest absolute Gasteiger partial charge is 0.275 e. The number of aromatic nitrogens is 3. The van der Waals surface area contributed by atoms with Gasteiger partial charge in [-0.15, -0.1) is 0 Å². The first-order valence-corrected chi connectivity index (χ1v) is 17.7. The molecule has 7 rings (SSSR count). The van der Waals surface area contributed by atoms with Gasteiger partial charge in [-0.3, -0.25) is 9.36 Å². The Balaban J connectivity index is 1.38. The molecule has 1 N–H and O–H groups in total. The molecule has 0 radical (unpaired) electrons. The summed E-state index contributed by atoms with van der Waals surface area (Å²) in [7, 11) is -3.13. The number of aryl methyl sites for hydroxylation is 1. The molecule has 0 amide bonds. The van der Waals surface area contributed by atoms with Crippen LogP contribution in [0, 0.1) is 5.92 Å². The van der Waals surface area contributed by atoms with Crippen LogP contribution in [0.3, 0.4) is 0 Å². The van der Waals surface area contributed by atoms with E-state index in [4.69, 9.17) is 0 Å². The number of fused-ring (bicyclic) bond motifs is 9. The fourth-order valence-corrected chi connectivity index (χ4v) is 8.01. The van der Waals surface area contributed by atoms with Gasteiger partial charge in [0.1, 0.15) is 23.5 Å². The van der Waals surface area contributed by atoms with Crippen LogP contribution in [0.15, 0.2) is 41.5 Å². The summed E-state index contributed by atoms with van der Waals surface area (Å²) in [5.41, 5.74) is 1.48. The lowest BCUT2D eigenvalue weighted by Gasteiger charge is -2.32. The molecule has 4 aliphatic heterocycles. The second-order valence-corrected chi connectivity index (χ2v) is 15.0. The number of anilines is 2. The summed E-state index contributed by atoms with van der Waals surface area (Å²) in [6.07, 6.45) is 6.42. The highest BCUT2D eigenvalue weighted by Gasteiger charge is 2.33. The number of hydrogen-bond donors (Lipinski definition) is 1. The minimum atomic E-state index is -3.13. The maximum Gasteiger partial charge on any atom is 0.275 e. The van der Waals surface area contributed by atoms with E-state index in [9.17, 15) is 13.2 Å². The summed E-state index contributed by atoms with van der Waals surface area (Å²) >= 11 is 0. The topological polar surface area (TPSA) is 100 Å². The van der Waals surface area contributed by atoms with E-state index in [0.717, 1.165) is 51.7 Å². The number of nitrogens with zero attached hydrogens (tertiary/aromatic N) is 5. The summed E-state index contributed by atoms with van der Waals surface area (Å²) < 4.78 is 56.9. The van der Waals surface area contributed by atoms with Crippen molar-refractivity contribution in [1.29, 1.82) is 0 Å². The number of nitrogens with one attached hydrogen (secondary N) is 1. The summed E-state index contributed by atoms with van der Waals surface area (Å²) in [6.45, 7) is 5.71. The molecular weight excluding hydrogens is 586 g/mol. The van der Waals surface area contributed by atoms with Crippen LogP contribution in [0.2, 0.25) is 0 Å². The Morgan fingerprint density at radius 2 is 1.68 bits per heavy atom. The number of alkyl halides is 2. The summed E-state index contributed by atoms with van der Waals surface area (Å²) in [6, 6.07) is 8.01. The Morgan fingerprint density at radius 1 is 0.932 bits per heavy atom. The third-order valence-corrected chi connectivity index (χ3v) is 11.3. The Kier molecular flexibility index (Phi) is 8.92. The molecule has 44 heavy (non-hydrogen) atoms. The molecular formula is C32H42F2N6O3S. The van der Waals surface area contributed by atoms with E-state index in [1.54, 1.807) is 22.8 Å². The molecule has 1 atom stereocenters. The van der Waals surface area contributed by atoms with Crippen molar-refractivity contribution in [3.8, 4) is 0 Å². The standard InChI is InChI=1S/C32H42F2N6O3S/c1-23-25-6-5-7-26(20-25)32(33,34)11-8-24-9-14-38(15-10-24)12-3-2-4-13-40-30-27(29(37-23)35-22-36-30)21-28(31(40)41)39-16-18-44(42,43)19-17-39/h5-7,20-24H,2-4,8-19H2,1H3,(H,35,36,37)/t23-/m1/s1. The van der Waals surface area contributed by atoms with E-state index in [1.165, 1.54) is 12.4 Å². The maximum absolute atomic E-state index is 15.5. The maximum atomic E-state index is 15.5. The molecule has 238 valence electrons. The number of piperidine rings is 1. The van der Waals surface area contributed by atoms with Gasteiger partial charge in [0.2, 0.25) is 0 Å². The van der Waals surface area contributed by atoms with Crippen molar-refractivity contribution in [1.82, 2.24) is 19.4 Å². The van der Waals surface area contributed by atoms with E-state index in [2.05, 4.69) is 20.2 Å². The van der Waals surface area contributed by atoms with Crippen molar-refractivity contribution in [3.63, 3.8) is 0 Å². The van der Waals surface area contributed by atoms with E-state index < -0.39 is 15.8 Å². The molecule has 8 bridgehead atoms. The van der Waals surface area contributed by atoms with Crippen molar-refractivity contribution in [3.05, 3.63) is 58.1 Å². The molecule has 2 aromatic heterocycles. The summed E-state index contributed by atoms with van der Waals surface area (Å²) in [5, 5.41) is 4.03. The summed E-state index contributed by atoms with van der Waals surface area (Å²) in [5.74, 6) is -2.11. The van der Waals surface area contributed by atoms with Crippen molar-refractivity contribution >= 4 is 32.4 Å². The van der Waals surface area contributed by atoms with Crippen molar-refractivity contribution in [2.24, 2.45) is 5.92 Å². The molecule has 0 spiro atoms. The third kappa shape index (κ3) is 6.75. The largest absolute Gasteiger partial charge is 0.365 e. The van der Waals surface area contributed by atoms with Gasteiger partial charge in [0.15, 0.2) is 9.84 Å². The Hall–Kier alpha value is -3.12. The molecule has 0 saturated carbocycles.